The zero-order valence-electron chi connectivity index (χ0n) is 6.62. The first kappa shape index (κ1) is 10.2. The van der Waals surface area contributed by atoms with Crippen LogP contribution in [0.5, 0.6) is 0 Å². The van der Waals surface area contributed by atoms with Crippen molar-refractivity contribution in [2.24, 2.45) is 0 Å². The fourth-order valence-electron chi connectivity index (χ4n) is 0.508. The smallest absolute Gasteiger partial charge is 0.411 e. The Bertz CT molecular complexity index is 258. The lowest BCUT2D eigenvalue weighted by Crippen LogP contribution is -2.03. The molecule has 0 N–H and O–H groups in total. The number of allylic oxidation sites excluding steroid dienone is 2. The van der Waals surface area contributed by atoms with Gasteiger partial charge in [-0.3, -0.25) is 0 Å². The summed E-state index contributed by atoms with van der Waals surface area (Å²) in [5.74, 6) is -0.896. The largest absolute Gasteiger partial charge is 0.450 e. The summed E-state index contributed by atoms with van der Waals surface area (Å²) < 4.78 is 4.51. The van der Waals surface area contributed by atoms with E-state index in [1.165, 1.54) is 12.1 Å². The molecule has 0 amide bonds. The molecule has 0 radical (unpaired) electrons. The molecule has 12 heavy (non-hydrogen) atoms. The predicted octanol–water partition coefficient (Wildman–Crippen LogP) is 1.35. The number of hydrogen-bond acceptors (Lipinski definition) is 3. The van der Waals surface area contributed by atoms with Crippen molar-refractivity contribution in [2.45, 2.75) is 0 Å². The lowest BCUT2D eigenvalue weighted by atomic mass is 10.2. The Morgan fingerprint density at radius 2 is 2.25 bits per heavy atom. The Labute approximate surface area is 71.3 Å². The van der Waals surface area contributed by atoms with Crippen molar-refractivity contribution in [2.75, 3.05) is 6.61 Å². The van der Waals surface area contributed by atoms with Gasteiger partial charge in [0.2, 0.25) is 0 Å². The highest BCUT2D eigenvalue weighted by atomic mass is 16.5. The topological polar surface area (TPSA) is 50.1 Å². The van der Waals surface area contributed by atoms with E-state index in [4.69, 9.17) is 5.26 Å². The summed E-state index contributed by atoms with van der Waals surface area (Å²) in [5.41, 5.74) is 0.702. The van der Waals surface area contributed by atoms with E-state index in [0.29, 0.717) is 5.57 Å². The van der Waals surface area contributed by atoms with Gasteiger partial charge in [-0.25, -0.2) is 4.79 Å². The molecule has 0 bridgehead atoms. The van der Waals surface area contributed by atoms with Crippen LogP contribution < -0.4 is 0 Å². The zero-order valence-corrected chi connectivity index (χ0v) is 6.62. The van der Waals surface area contributed by atoms with Gasteiger partial charge in [-0.1, -0.05) is 31.4 Å². The average Bonchev–Trinajstić information content (AvgIpc) is 2.11. The molecule has 0 spiro atoms. The summed E-state index contributed by atoms with van der Waals surface area (Å²) in [4.78, 5) is 10.4. The summed E-state index contributed by atoms with van der Waals surface area (Å²) >= 11 is 0. The number of carbonyl (C=O) groups excluding carboxylic acids is 1. The fourth-order valence-corrected chi connectivity index (χ4v) is 0.508. The minimum absolute atomic E-state index is 0.0575. The van der Waals surface area contributed by atoms with Crippen molar-refractivity contribution < 1.29 is 9.53 Å². The number of esters is 1. The van der Waals surface area contributed by atoms with Crippen LogP contribution in [0.2, 0.25) is 0 Å². The van der Waals surface area contributed by atoms with E-state index < -0.39 is 5.97 Å². The Morgan fingerprint density at radius 3 is 2.67 bits per heavy atom. The van der Waals surface area contributed by atoms with Crippen LogP contribution in [-0.4, -0.2) is 12.6 Å². The van der Waals surface area contributed by atoms with Crippen LogP contribution in [-0.2, 0) is 9.53 Å². The molecule has 0 unspecified atom stereocenters. The summed E-state index contributed by atoms with van der Waals surface area (Å²) in [7, 11) is 0. The van der Waals surface area contributed by atoms with Crippen LogP contribution in [0, 0.1) is 11.3 Å². The lowest BCUT2D eigenvalue weighted by Gasteiger charge is -1.98. The molecule has 3 heteroatoms. The maximum atomic E-state index is 10.4. The van der Waals surface area contributed by atoms with E-state index in [1.54, 1.807) is 12.2 Å². The van der Waals surface area contributed by atoms with Gasteiger partial charge in [-0.15, -0.1) is 0 Å². The molecule has 0 rings (SSSR count). The molecule has 0 aromatic carbocycles. The van der Waals surface area contributed by atoms with E-state index in [-0.39, 0.29) is 6.61 Å². The molecule has 3 nitrogen and oxygen atoms in total. The number of nitriles is 1. The molecule has 0 aliphatic heterocycles. The molecule has 0 saturated heterocycles. The fraction of sp³-hybridized carbons (Fsp3) is 0.111. The van der Waals surface area contributed by atoms with Gasteiger partial charge in [0.05, 0.1) is 0 Å². The third-order valence-corrected chi connectivity index (χ3v) is 1.06. The van der Waals surface area contributed by atoms with Gasteiger partial charge in [0, 0.05) is 0 Å². The second-order valence-electron chi connectivity index (χ2n) is 1.87. The van der Waals surface area contributed by atoms with Gasteiger partial charge in [0.25, 0.3) is 0 Å². The molecule has 0 saturated carbocycles. The maximum absolute atomic E-state index is 10.4. The van der Waals surface area contributed by atoms with Gasteiger partial charge in [0.15, 0.2) is 6.07 Å². The Balaban J connectivity index is 3.99. The van der Waals surface area contributed by atoms with Crippen LogP contribution >= 0.6 is 0 Å². The minimum atomic E-state index is -0.896. The van der Waals surface area contributed by atoms with Crippen molar-refractivity contribution in [3.05, 3.63) is 37.0 Å². The predicted molar refractivity (Wildman–Crippen MR) is 45.0 cm³/mol. The highest BCUT2D eigenvalue weighted by Crippen LogP contribution is 1.96. The highest BCUT2D eigenvalue weighted by Gasteiger charge is 1.98. The Morgan fingerprint density at radius 1 is 1.58 bits per heavy atom. The molecular weight excluding hydrogens is 154 g/mol. The molecule has 0 heterocycles. The lowest BCUT2D eigenvalue weighted by molar-refractivity contribution is -0.135. The summed E-state index contributed by atoms with van der Waals surface area (Å²) in [5, 5.41) is 8.06. The van der Waals surface area contributed by atoms with Crippen LogP contribution in [0.25, 0.3) is 0 Å². The number of ether oxygens (including phenoxy) is 1. The van der Waals surface area contributed by atoms with Crippen molar-refractivity contribution in [1.82, 2.24) is 0 Å². The first-order valence-corrected chi connectivity index (χ1v) is 3.25. The van der Waals surface area contributed by atoms with Crippen molar-refractivity contribution in [3.63, 3.8) is 0 Å². The molecule has 0 fully saturated rings. The van der Waals surface area contributed by atoms with E-state index >= 15 is 0 Å². The van der Waals surface area contributed by atoms with Crippen LogP contribution in [0.4, 0.5) is 0 Å². The van der Waals surface area contributed by atoms with Crippen LogP contribution in [0.15, 0.2) is 37.0 Å². The van der Waals surface area contributed by atoms with E-state index in [0.717, 1.165) is 0 Å². The second-order valence-corrected chi connectivity index (χ2v) is 1.87. The molecule has 62 valence electrons. The van der Waals surface area contributed by atoms with Gasteiger partial charge >= 0.3 is 5.97 Å². The van der Waals surface area contributed by atoms with Gasteiger partial charge in [-0.2, -0.15) is 5.26 Å². The highest BCUT2D eigenvalue weighted by molar-refractivity contribution is 5.85. The molecule has 0 aromatic heterocycles. The monoisotopic (exact) mass is 163 g/mol. The third kappa shape index (κ3) is 4.07. The van der Waals surface area contributed by atoms with Crippen LogP contribution in [0.1, 0.15) is 0 Å². The average molecular weight is 163 g/mol. The normalized spacial score (nSPS) is 9.75. The number of carbonyl (C=O) groups is 1. The van der Waals surface area contributed by atoms with E-state index in [9.17, 15) is 4.79 Å². The minimum Gasteiger partial charge on any atom is -0.450 e. The molecule has 0 aromatic rings. The maximum Gasteiger partial charge on any atom is 0.411 e. The standard InChI is InChI=1S/C9H9NO2/c1-3-5-8(4-2)7-12-9(11)6-10/h3-5H,1-2,7H2/b8-5+. The molecule has 0 aliphatic carbocycles. The zero-order chi connectivity index (χ0) is 9.40. The van der Waals surface area contributed by atoms with Gasteiger partial charge in [-0.05, 0) is 5.57 Å². The van der Waals surface area contributed by atoms with Crippen molar-refractivity contribution in [3.8, 4) is 6.07 Å². The first-order valence-electron chi connectivity index (χ1n) is 3.25. The first-order chi connectivity index (χ1) is 5.74. The quantitative estimate of drug-likeness (QED) is 0.357. The number of rotatable bonds is 4. The third-order valence-electron chi connectivity index (χ3n) is 1.06. The van der Waals surface area contributed by atoms with Crippen molar-refractivity contribution in [1.29, 1.82) is 5.26 Å². The van der Waals surface area contributed by atoms with Crippen LogP contribution in [0.3, 0.4) is 0 Å². The Kier molecular flexibility index (Phi) is 5.03. The molecule has 0 aliphatic rings. The van der Waals surface area contributed by atoms with Gasteiger partial charge in [0.1, 0.15) is 6.61 Å². The summed E-state index contributed by atoms with van der Waals surface area (Å²) in [6.45, 7) is 7.02. The van der Waals surface area contributed by atoms with E-state index in [1.807, 2.05) is 0 Å². The SMILES string of the molecule is C=C/C=C(\C=C)COC(=O)C#N. The Hall–Kier alpha value is -1.82. The molecule has 0 atom stereocenters. The summed E-state index contributed by atoms with van der Waals surface area (Å²) in [6, 6.07) is 1.34. The van der Waals surface area contributed by atoms with Gasteiger partial charge < -0.3 is 4.74 Å². The van der Waals surface area contributed by atoms with Crippen molar-refractivity contribution >= 4 is 5.97 Å². The number of hydrogen-bond donors (Lipinski definition) is 0. The van der Waals surface area contributed by atoms with E-state index in [2.05, 4.69) is 17.9 Å². The summed E-state index contributed by atoms with van der Waals surface area (Å²) in [6.07, 6.45) is 4.74. The molecular formula is C9H9NO2. The second kappa shape index (κ2) is 5.93. The number of nitrogens with zero attached hydrogens (tertiary/aromatic N) is 1.